The summed E-state index contributed by atoms with van der Waals surface area (Å²) in [6, 6.07) is 3.48. The summed E-state index contributed by atoms with van der Waals surface area (Å²) >= 11 is 0. The number of hydrogen-bond donors (Lipinski definition) is 1. The Hall–Kier alpha value is -1.49. The maximum absolute atomic E-state index is 13.4. The molecular formula is C15H19F2NO2. The molecule has 0 aliphatic carbocycles. The molecule has 5 heteroatoms. The Morgan fingerprint density at radius 3 is 2.95 bits per heavy atom. The van der Waals surface area contributed by atoms with Crippen LogP contribution in [0.4, 0.5) is 8.78 Å². The van der Waals surface area contributed by atoms with Crippen LogP contribution in [-0.4, -0.2) is 25.2 Å². The number of amides is 1. The zero-order chi connectivity index (χ0) is 14.5. The first-order chi connectivity index (χ1) is 9.56. The molecule has 1 aromatic rings. The van der Waals surface area contributed by atoms with Gasteiger partial charge in [0, 0.05) is 31.1 Å². The summed E-state index contributed by atoms with van der Waals surface area (Å²) in [6.45, 7) is 3.37. The summed E-state index contributed by atoms with van der Waals surface area (Å²) in [5, 5.41) is 2.91. The lowest BCUT2D eigenvalue weighted by molar-refractivity contribution is -0.122. The van der Waals surface area contributed by atoms with Crippen molar-refractivity contribution in [3.63, 3.8) is 0 Å². The minimum absolute atomic E-state index is 0.0584. The quantitative estimate of drug-likeness (QED) is 0.901. The molecule has 0 spiro atoms. The molecule has 2 rings (SSSR count). The standard InChI is InChI=1S/C15H19F2NO2/c1-10(12-6-7-20-9-12)18-15(19)5-3-11-2-4-13(16)8-14(11)17/h2,4,8,10,12H,3,5-7,9H2,1H3,(H,18,19)/t10-,12+/m1/s1. The van der Waals surface area contributed by atoms with E-state index in [-0.39, 0.29) is 24.8 Å². The van der Waals surface area contributed by atoms with Crippen LogP contribution in [0.3, 0.4) is 0 Å². The Morgan fingerprint density at radius 1 is 1.50 bits per heavy atom. The van der Waals surface area contributed by atoms with E-state index in [1.807, 2.05) is 6.92 Å². The van der Waals surface area contributed by atoms with E-state index in [0.29, 0.717) is 18.1 Å². The minimum atomic E-state index is -0.606. The predicted molar refractivity (Wildman–Crippen MR) is 71.2 cm³/mol. The van der Waals surface area contributed by atoms with Crippen LogP contribution in [0, 0.1) is 17.6 Å². The molecule has 1 amide bonds. The molecular weight excluding hydrogens is 264 g/mol. The van der Waals surface area contributed by atoms with Crippen LogP contribution in [0.1, 0.15) is 25.3 Å². The molecule has 1 saturated heterocycles. The highest BCUT2D eigenvalue weighted by Gasteiger charge is 2.23. The molecule has 0 aromatic heterocycles. The molecule has 3 nitrogen and oxygen atoms in total. The molecule has 0 bridgehead atoms. The van der Waals surface area contributed by atoms with E-state index < -0.39 is 11.6 Å². The molecule has 1 aromatic carbocycles. The molecule has 110 valence electrons. The maximum Gasteiger partial charge on any atom is 0.220 e. The van der Waals surface area contributed by atoms with Crippen LogP contribution in [0.5, 0.6) is 0 Å². The molecule has 1 aliphatic rings. The number of rotatable bonds is 5. The second-order valence-corrected chi connectivity index (χ2v) is 5.22. The van der Waals surface area contributed by atoms with Crippen LogP contribution < -0.4 is 5.32 Å². The van der Waals surface area contributed by atoms with Gasteiger partial charge in [0.25, 0.3) is 0 Å². The number of carbonyl (C=O) groups excluding carboxylic acids is 1. The Morgan fingerprint density at radius 2 is 2.30 bits per heavy atom. The number of carbonyl (C=O) groups is 1. The van der Waals surface area contributed by atoms with Crippen molar-refractivity contribution < 1.29 is 18.3 Å². The largest absolute Gasteiger partial charge is 0.381 e. The van der Waals surface area contributed by atoms with Crippen LogP contribution >= 0.6 is 0 Å². The van der Waals surface area contributed by atoms with Gasteiger partial charge in [0.05, 0.1) is 6.61 Å². The van der Waals surface area contributed by atoms with Gasteiger partial charge in [0.15, 0.2) is 0 Å². The van der Waals surface area contributed by atoms with Gasteiger partial charge < -0.3 is 10.1 Å². The lowest BCUT2D eigenvalue weighted by Gasteiger charge is -2.19. The summed E-state index contributed by atoms with van der Waals surface area (Å²) in [6.07, 6.45) is 1.42. The smallest absolute Gasteiger partial charge is 0.220 e. The fraction of sp³-hybridized carbons (Fsp3) is 0.533. The highest BCUT2D eigenvalue weighted by atomic mass is 19.1. The lowest BCUT2D eigenvalue weighted by Crippen LogP contribution is -2.38. The fourth-order valence-corrected chi connectivity index (χ4v) is 2.36. The van der Waals surface area contributed by atoms with Crippen molar-refractivity contribution in [2.45, 2.75) is 32.2 Å². The summed E-state index contributed by atoms with van der Waals surface area (Å²) in [5.41, 5.74) is 0.360. The summed E-state index contributed by atoms with van der Waals surface area (Å²) in [7, 11) is 0. The van der Waals surface area contributed by atoms with Gasteiger partial charge in [-0.3, -0.25) is 4.79 Å². The average Bonchev–Trinajstić information content (AvgIpc) is 2.91. The number of nitrogens with one attached hydrogen (secondary N) is 1. The SMILES string of the molecule is C[C@@H](NC(=O)CCc1ccc(F)cc1F)[C@H]1CCOC1. The van der Waals surface area contributed by atoms with Gasteiger partial charge in [-0.2, -0.15) is 0 Å². The van der Waals surface area contributed by atoms with Crippen molar-refractivity contribution >= 4 is 5.91 Å². The van der Waals surface area contributed by atoms with Crippen molar-refractivity contribution in [3.05, 3.63) is 35.4 Å². The van der Waals surface area contributed by atoms with Gasteiger partial charge in [0.2, 0.25) is 5.91 Å². The number of benzene rings is 1. The van der Waals surface area contributed by atoms with E-state index in [4.69, 9.17) is 4.74 Å². The van der Waals surface area contributed by atoms with Crippen LogP contribution in [0.25, 0.3) is 0 Å². The summed E-state index contributed by atoms with van der Waals surface area (Å²) in [4.78, 5) is 11.8. The van der Waals surface area contributed by atoms with Crippen LogP contribution in [0.2, 0.25) is 0 Å². The van der Waals surface area contributed by atoms with Gasteiger partial charge in [-0.05, 0) is 31.4 Å². The molecule has 1 aliphatic heterocycles. The third kappa shape index (κ3) is 4.00. The first-order valence-electron chi connectivity index (χ1n) is 6.87. The molecule has 0 saturated carbocycles. The molecule has 20 heavy (non-hydrogen) atoms. The normalized spacial score (nSPS) is 19.9. The van der Waals surface area contributed by atoms with Gasteiger partial charge in [-0.15, -0.1) is 0 Å². The Bertz CT molecular complexity index is 473. The van der Waals surface area contributed by atoms with Crippen molar-refractivity contribution in [2.75, 3.05) is 13.2 Å². The highest BCUT2D eigenvalue weighted by molar-refractivity contribution is 5.76. The van der Waals surface area contributed by atoms with Crippen molar-refractivity contribution in [1.29, 1.82) is 0 Å². The molecule has 1 fully saturated rings. The van der Waals surface area contributed by atoms with E-state index in [1.165, 1.54) is 12.1 Å². The topological polar surface area (TPSA) is 38.3 Å². The van der Waals surface area contributed by atoms with Gasteiger partial charge in [-0.1, -0.05) is 6.07 Å². The Labute approximate surface area is 117 Å². The van der Waals surface area contributed by atoms with Crippen LogP contribution in [-0.2, 0) is 16.0 Å². The van der Waals surface area contributed by atoms with Gasteiger partial charge in [0.1, 0.15) is 11.6 Å². The monoisotopic (exact) mass is 283 g/mol. The Kier molecular flexibility index (Phi) is 5.06. The lowest BCUT2D eigenvalue weighted by atomic mass is 10.0. The van der Waals surface area contributed by atoms with E-state index in [9.17, 15) is 13.6 Å². The number of ether oxygens (including phenoxy) is 1. The summed E-state index contributed by atoms with van der Waals surface area (Å²) < 4.78 is 31.5. The van der Waals surface area contributed by atoms with E-state index in [1.54, 1.807) is 0 Å². The average molecular weight is 283 g/mol. The third-order valence-corrected chi connectivity index (χ3v) is 3.70. The third-order valence-electron chi connectivity index (χ3n) is 3.70. The minimum Gasteiger partial charge on any atom is -0.381 e. The predicted octanol–water partition coefficient (Wildman–Crippen LogP) is 2.44. The van der Waals surface area contributed by atoms with E-state index >= 15 is 0 Å². The number of aryl methyl sites for hydroxylation is 1. The molecule has 2 atom stereocenters. The maximum atomic E-state index is 13.4. The van der Waals surface area contributed by atoms with E-state index in [2.05, 4.69) is 5.32 Å². The molecule has 0 radical (unpaired) electrons. The van der Waals surface area contributed by atoms with Gasteiger partial charge >= 0.3 is 0 Å². The number of hydrogen-bond acceptors (Lipinski definition) is 2. The fourth-order valence-electron chi connectivity index (χ4n) is 2.36. The molecule has 1 N–H and O–H groups in total. The molecule has 1 heterocycles. The number of halogens is 2. The zero-order valence-electron chi connectivity index (χ0n) is 11.5. The first kappa shape index (κ1) is 14.9. The highest BCUT2D eigenvalue weighted by Crippen LogP contribution is 2.17. The van der Waals surface area contributed by atoms with Crippen molar-refractivity contribution in [1.82, 2.24) is 5.32 Å². The van der Waals surface area contributed by atoms with Crippen molar-refractivity contribution in [2.24, 2.45) is 5.92 Å². The van der Waals surface area contributed by atoms with Crippen molar-refractivity contribution in [3.8, 4) is 0 Å². The summed E-state index contributed by atoms with van der Waals surface area (Å²) in [5.74, 6) is -0.977. The Balaban J connectivity index is 1.79. The second-order valence-electron chi connectivity index (χ2n) is 5.22. The first-order valence-corrected chi connectivity index (χ1v) is 6.87. The van der Waals surface area contributed by atoms with Crippen LogP contribution in [0.15, 0.2) is 18.2 Å². The second kappa shape index (κ2) is 6.79. The molecule has 0 unspecified atom stereocenters. The van der Waals surface area contributed by atoms with E-state index in [0.717, 1.165) is 19.1 Å². The van der Waals surface area contributed by atoms with Gasteiger partial charge in [-0.25, -0.2) is 8.78 Å². The zero-order valence-corrected chi connectivity index (χ0v) is 11.5.